The third kappa shape index (κ3) is 5.11. The number of ether oxygens (including phenoxy) is 1. The molecule has 0 aliphatic heterocycles. The Morgan fingerprint density at radius 1 is 1.44 bits per heavy atom. The maximum atomic E-state index is 11.7. The third-order valence-corrected chi connectivity index (χ3v) is 3.64. The number of carbonyl (C=O) groups excluding carboxylic acids is 1. The van der Waals surface area contributed by atoms with Gasteiger partial charge in [0.05, 0.1) is 12.5 Å². The van der Waals surface area contributed by atoms with E-state index >= 15 is 0 Å². The van der Waals surface area contributed by atoms with Gasteiger partial charge in [-0.15, -0.1) is 0 Å². The van der Waals surface area contributed by atoms with Crippen LogP contribution < -0.4 is 21.5 Å². The van der Waals surface area contributed by atoms with Crippen molar-refractivity contribution in [2.45, 2.75) is 19.4 Å². The summed E-state index contributed by atoms with van der Waals surface area (Å²) >= 11 is 5.11. The number of hydrogen-bond acceptors (Lipinski definition) is 7. The van der Waals surface area contributed by atoms with Gasteiger partial charge in [-0.2, -0.15) is 5.10 Å². The lowest BCUT2D eigenvalue weighted by molar-refractivity contribution is -0.142. The molecule has 0 spiro atoms. The minimum Gasteiger partial charge on any atom is -0.467 e. The van der Waals surface area contributed by atoms with Gasteiger partial charge in [-0.25, -0.2) is 9.89 Å². The fourth-order valence-corrected chi connectivity index (χ4v) is 2.38. The summed E-state index contributed by atoms with van der Waals surface area (Å²) < 4.78 is 4.61. The first-order chi connectivity index (χ1) is 12.0. The van der Waals surface area contributed by atoms with Gasteiger partial charge in [0.2, 0.25) is 0 Å². The van der Waals surface area contributed by atoms with Crippen LogP contribution in [0.3, 0.4) is 0 Å². The number of H-pyrrole nitrogens is 1. The lowest BCUT2D eigenvalue weighted by atomic mass is 10.3. The Morgan fingerprint density at radius 2 is 2.24 bits per heavy atom. The summed E-state index contributed by atoms with van der Waals surface area (Å²) in [5.74, 6) is 0.143. The molecule has 2 aromatic rings. The largest absolute Gasteiger partial charge is 0.467 e. The van der Waals surface area contributed by atoms with Crippen molar-refractivity contribution in [2.24, 2.45) is 0 Å². The average molecular weight is 364 g/mol. The summed E-state index contributed by atoms with van der Waals surface area (Å²) in [5.41, 5.74) is 0.259. The Kier molecular flexibility index (Phi) is 6.63. The van der Waals surface area contributed by atoms with Crippen LogP contribution in [0, 0.1) is 0 Å². The van der Waals surface area contributed by atoms with Gasteiger partial charge in [0.1, 0.15) is 11.6 Å². The topological polar surface area (TPSA) is 121 Å². The average Bonchev–Trinajstić information content (AvgIpc) is 2.62. The number of nitrogens with one attached hydrogen (secondary N) is 4. The van der Waals surface area contributed by atoms with Crippen LogP contribution in [0.25, 0.3) is 10.9 Å². The third-order valence-electron chi connectivity index (χ3n) is 3.38. The summed E-state index contributed by atoms with van der Waals surface area (Å²) in [6.45, 7) is 2.87. The molecule has 134 valence electrons. The van der Waals surface area contributed by atoms with Gasteiger partial charge in [0.25, 0.3) is 5.56 Å². The minimum atomic E-state index is -0.508. The van der Waals surface area contributed by atoms with Crippen molar-refractivity contribution in [1.82, 2.24) is 25.8 Å². The van der Waals surface area contributed by atoms with E-state index in [9.17, 15) is 9.59 Å². The molecule has 0 bridgehead atoms. The summed E-state index contributed by atoms with van der Waals surface area (Å²) in [7, 11) is 1.33. The van der Waals surface area contributed by atoms with Gasteiger partial charge in [-0.1, -0.05) is 0 Å². The van der Waals surface area contributed by atoms with Crippen LogP contribution in [-0.4, -0.2) is 52.5 Å². The van der Waals surface area contributed by atoms with E-state index in [4.69, 9.17) is 12.2 Å². The highest BCUT2D eigenvalue weighted by Crippen LogP contribution is 2.13. The van der Waals surface area contributed by atoms with Crippen LogP contribution in [-0.2, 0) is 9.53 Å². The second kappa shape index (κ2) is 8.92. The van der Waals surface area contributed by atoms with Crippen LogP contribution in [0.15, 0.2) is 23.1 Å². The van der Waals surface area contributed by atoms with Crippen molar-refractivity contribution < 1.29 is 9.53 Å². The summed E-state index contributed by atoms with van der Waals surface area (Å²) in [6, 6.07) is 2.89. The molecule has 2 heterocycles. The van der Waals surface area contributed by atoms with Crippen molar-refractivity contribution in [3.63, 3.8) is 0 Å². The number of esters is 1. The second-order valence-electron chi connectivity index (χ2n) is 5.23. The van der Waals surface area contributed by atoms with Crippen LogP contribution in [0.4, 0.5) is 5.82 Å². The second-order valence-corrected chi connectivity index (χ2v) is 5.63. The predicted octanol–water partition coefficient (Wildman–Crippen LogP) is 0.146. The predicted molar refractivity (Wildman–Crippen MR) is 98.5 cm³/mol. The molecule has 1 atom stereocenters. The molecular formula is C15H20N6O3S. The normalized spacial score (nSPS) is 11.6. The van der Waals surface area contributed by atoms with Crippen LogP contribution in [0.2, 0.25) is 0 Å². The number of carbonyl (C=O) groups is 1. The molecule has 0 aliphatic rings. The number of hydrogen-bond donors (Lipinski definition) is 4. The monoisotopic (exact) mass is 364 g/mol. The molecule has 2 rings (SSSR count). The molecule has 4 N–H and O–H groups in total. The Labute approximate surface area is 149 Å². The summed E-state index contributed by atoms with van der Waals surface area (Å²) in [4.78, 5) is 27.2. The van der Waals surface area contributed by atoms with Crippen LogP contribution in [0.1, 0.15) is 13.3 Å². The molecule has 2 aromatic heterocycles. The zero-order chi connectivity index (χ0) is 18.2. The molecule has 10 heteroatoms. The van der Waals surface area contributed by atoms with E-state index in [0.717, 1.165) is 6.42 Å². The Bertz CT molecular complexity index is 809. The maximum absolute atomic E-state index is 11.7. The van der Waals surface area contributed by atoms with E-state index in [0.29, 0.717) is 34.9 Å². The number of thiocarbonyl (C=S) groups is 1. The number of aromatic nitrogens is 3. The van der Waals surface area contributed by atoms with E-state index in [1.165, 1.54) is 7.11 Å². The van der Waals surface area contributed by atoms with E-state index < -0.39 is 6.04 Å². The molecule has 25 heavy (non-hydrogen) atoms. The maximum Gasteiger partial charge on any atom is 0.328 e. The number of aromatic amines is 1. The van der Waals surface area contributed by atoms with Crippen molar-refractivity contribution in [2.75, 3.05) is 25.5 Å². The van der Waals surface area contributed by atoms with Gasteiger partial charge >= 0.3 is 5.97 Å². The molecular weight excluding hydrogens is 344 g/mol. The van der Waals surface area contributed by atoms with Crippen molar-refractivity contribution >= 4 is 40.0 Å². The first kappa shape index (κ1) is 18.6. The first-order valence-electron chi connectivity index (χ1n) is 7.72. The highest BCUT2D eigenvalue weighted by molar-refractivity contribution is 7.80. The smallest absolute Gasteiger partial charge is 0.328 e. The zero-order valence-corrected chi connectivity index (χ0v) is 14.8. The number of fused-ring (bicyclic) bond motifs is 1. The molecule has 0 saturated carbocycles. The van der Waals surface area contributed by atoms with Gasteiger partial charge in [-0.3, -0.25) is 9.78 Å². The summed E-state index contributed by atoms with van der Waals surface area (Å²) in [6.07, 6.45) is 2.35. The Hall–Kier alpha value is -2.75. The first-order valence-corrected chi connectivity index (χ1v) is 8.13. The van der Waals surface area contributed by atoms with Crippen molar-refractivity contribution in [1.29, 1.82) is 0 Å². The lowest BCUT2D eigenvalue weighted by Crippen LogP contribution is -2.45. The van der Waals surface area contributed by atoms with Gasteiger partial charge in [0, 0.05) is 19.3 Å². The Morgan fingerprint density at radius 3 is 3.00 bits per heavy atom. The number of anilines is 1. The number of rotatable bonds is 7. The summed E-state index contributed by atoms with van der Waals surface area (Å²) in [5, 5.41) is 16.3. The highest BCUT2D eigenvalue weighted by atomic mass is 32.1. The highest BCUT2D eigenvalue weighted by Gasteiger charge is 2.13. The van der Waals surface area contributed by atoms with Crippen molar-refractivity contribution in [3.05, 3.63) is 28.7 Å². The Balaban J connectivity index is 1.77. The van der Waals surface area contributed by atoms with E-state index in [-0.39, 0.29) is 11.5 Å². The molecule has 9 nitrogen and oxygen atoms in total. The fraction of sp³-hybridized carbons (Fsp3) is 0.400. The number of methoxy groups -OCH3 is 1. The lowest BCUT2D eigenvalue weighted by Gasteiger charge is -2.15. The van der Waals surface area contributed by atoms with E-state index in [1.807, 2.05) is 0 Å². The minimum absolute atomic E-state index is 0.272. The van der Waals surface area contributed by atoms with Gasteiger partial charge in [0.15, 0.2) is 10.9 Å². The molecule has 0 aliphatic carbocycles. The SMILES string of the molecule is COC(=O)C(C)NC(=S)NCCCNc1n[nH]c(=O)c2cccnc12. The van der Waals surface area contributed by atoms with Crippen LogP contribution in [0.5, 0.6) is 0 Å². The molecule has 0 amide bonds. The standard InChI is InChI=1S/C15H20N6O3S/c1-9(14(23)24-2)19-15(25)18-8-4-7-17-12-11-10(5-3-6-16-11)13(22)21-20-12/h3,5-6,9H,4,7-8H2,1-2H3,(H,17,20)(H,21,22)(H2,18,19,25). The van der Waals surface area contributed by atoms with E-state index in [1.54, 1.807) is 25.3 Å². The molecule has 0 aromatic carbocycles. The molecule has 0 saturated heterocycles. The van der Waals surface area contributed by atoms with E-state index in [2.05, 4.69) is 35.9 Å². The molecule has 0 radical (unpaired) electrons. The fourth-order valence-electron chi connectivity index (χ4n) is 2.10. The van der Waals surface area contributed by atoms with Gasteiger partial charge < -0.3 is 20.7 Å². The zero-order valence-electron chi connectivity index (χ0n) is 14.0. The number of nitrogens with zero attached hydrogens (tertiary/aromatic N) is 2. The van der Waals surface area contributed by atoms with Crippen molar-refractivity contribution in [3.8, 4) is 0 Å². The van der Waals surface area contributed by atoms with Gasteiger partial charge in [-0.05, 0) is 37.7 Å². The molecule has 1 unspecified atom stereocenters. The van der Waals surface area contributed by atoms with Crippen LogP contribution >= 0.6 is 12.2 Å². The quantitative estimate of drug-likeness (QED) is 0.309. The molecule has 0 fully saturated rings. The number of pyridine rings is 1.